The number of alkyl halides is 3. The molecule has 1 aromatic heterocycles. The van der Waals surface area contributed by atoms with Crippen molar-refractivity contribution in [3.05, 3.63) is 59.4 Å². The van der Waals surface area contributed by atoms with Gasteiger partial charge in [0.1, 0.15) is 11.5 Å². The number of aromatic nitrogens is 1. The molecule has 1 heterocycles. The molecule has 30 heavy (non-hydrogen) atoms. The quantitative estimate of drug-likeness (QED) is 0.617. The number of carbonyl (C=O) groups is 1. The van der Waals surface area contributed by atoms with Gasteiger partial charge in [-0.15, -0.1) is 0 Å². The summed E-state index contributed by atoms with van der Waals surface area (Å²) in [6.45, 7) is 4.87. The number of hydrogen-bond acceptors (Lipinski definition) is 4. The monoisotopic (exact) mass is 423 g/mol. The fourth-order valence-electron chi connectivity index (χ4n) is 3.09. The van der Waals surface area contributed by atoms with Crippen LogP contribution in [0.3, 0.4) is 0 Å². The second kappa shape index (κ2) is 10.1. The Kier molecular flexibility index (Phi) is 8.01. The largest absolute Gasteiger partial charge is 0.483 e. The minimum Gasteiger partial charge on any atom is -0.483 e. The Morgan fingerprint density at radius 2 is 1.77 bits per heavy atom. The molecule has 0 amide bonds. The number of carbonyl (C=O) groups excluding carboxylic acids is 1. The van der Waals surface area contributed by atoms with Crippen molar-refractivity contribution in [2.24, 2.45) is 0 Å². The Morgan fingerprint density at radius 1 is 1.10 bits per heavy atom. The molecular formula is C23H28F3NO3. The third kappa shape index (κ3) is 7.78. The number of halogens is 3. The van der Waals surface area contributed by atoms with E-state index in [4.69, 9.17) is 0 Å². The van der Waals surface area contributed by atoms with Crippen LogP contribution in [0, 0.1) is 0 Å². The maximum absolute atomic E-state index is 12.6. The van der Waals surface area contributed by atoms with Gasteiger partial charge in [0.2, 0.25) is 0 Å². The average molecular weight is 423 g/mol. The lowest BCUT2D eigenvalue weighted by atomic mass is 9.86. The molecule has 0 bridgehead atoms. The van der Waals surface area contributed by atoms with Crippen molar-refractivity contribution in [3.8, 4) is 5.75 Å². The second-order valence-electron chi connectivity index (χ2n) is 8.40. The van der Waals surface area contributed by atoms with E-state index in [0.29, 0.717) is 12.1 Å². The number of aliphatic hydroxyl groups is 1. The molecule has 0 aliphatic rings. The summed E-state index contributed by atoms with van der Waals surface area (Å²) in [6.07, 6.45) is -2.41. The van der Waals surface area contributed by atoms with Gasteiger partial charge in [-0.05, 0) is 35.1 Å². The van der Waals surface area contributed by atoms with E-state index in [1.54, 1.807) is 0 Å². The molecule has 0 saturated heterocycles. The highest BCUT2D eigenvalue weighted by atomic mass is 19.4. The lowest BCUT2D eigenvalue weighted by Gasteiger charge is -2.19. The van der Waals surface area contributed by atoms with Gasteiger partial charge in [-0.25, -0.2) is 0 Å². The van der Waals surface area contributed by atoms with Crippen molar-refractivity contribution < 1.29 is 27.8 Å². The van der Waals surface area contributed by atoms with Gasteiger partial charge in [-0.2, -0.15) is 13.2 Å². The lowest BCUT2D eigenvalue weighted by Crippen LogP contribution is -2.19. The van der Waals surface area contributed by atoms with E-state index in [-0.39, 0.29) is 42.3 Å². The highest BCUT2D eigenvalue weighted by molar-refractivity contribution is 5.81. The molecule has 1 aromatic carbocycles. The summed E-state index contributed by atoms with van der Waals surface area (Å²) in [5.41, 5.74) is 2.68. The van der Waals surface area contributed by atoms with Crippen LogP contribution in [0.25, 0.3) is 0 Å². The van der Waals surface area contributed by atoms with Crippen molar-refractivity contribution in [1.29, 1.82) is 0 Å². The van der Waals surface area contributed by atoms with E-state index in [1.165, 1.54) is 23.9 Å². The summed E-state index contributed by atoms with van der Waals surface area (Å²) in [4.78, 5) is 16.7. The van der Waals surface area contributed by atoms with Crippen molar-refractivity contribution in [3.63, 3.8) is 0 Å². The van der Waals surface area contributed by atoms with E-state index < -0.39 is 12.8 Å². The van der Waals surface area contributed by atoms with Gasteiger partial charge >= 0.3 is 6.18 Å². The summed E-state index contributed by atoms with van der Waals surface area (Å²) in [7, 11) is 0. The molecule has 0 saturated carbocycles. The molecule has 0 radical (unpaired) electrons. The summed E-state index contributed by atoms with van der Waals surface area (Å²) in [6, 6.07) is 10.9. The number of ketones is 1. The van der Waals surface area contributed by atoms with Gasteiger partial charge in [0.05, 0.1) is 6.20 Å². The third-order valence-corrected chi connectivity index (χ3v) is 4.75. The number of nitrogens with zero attached hydrogens (tertiary/aromatic N) is 1. The smallest absolute Gasteiger partial charge is 0.422 e. The van der Waals surface area contributed by atoms with Crippen molar-refractivity contribution >= 4 is 5.78 Å². The highest BCUT2D eigenvalue weighted by Crippen LogP contribution is 2.26. The first-order valence-corrected chi connectivity index (χ1v) is 9.85. The Morgan fingerprint density at radius 3 is 2.27 bits per heavy atom. The average Bonchev–Trinajstić information content (AvgIpc) is 2.65. The zero-order chi connectivity index (χ0) is 22.4. The molecule has 0 spiro atoms. The van der Waals surface area contributed by atoms with Crippen molar-refractivity contribution in [2.45, 2.75) is 57.5 Å². The van der Waals surface area contributed by atoms with Gasteiger partial charge < -0.3 is 9.84 Å². The van der Waals surface area contributed by atoms with Crippen LogP contribution in [0.2, 0.25) is 0 Å². The molecule has 164 valence electrons. The Hall–Kier alpha value is -2.41. The SMILES string of the molecule is CC(C)(C)c1ccc(CC(=O)C[C@H](CCO)c2ccc(OCC(F)(F)F)cn2)cc1. The van der Waals surface area contributed by atoms with Crippen LogP contribution in [-0.4, -0.2) is 35.3 Å². The van der Waals surface area contributed by atoms with Gasteiger partial charge in [0.25, 0.3) is 0 Å². The number of Topliss-reactive ketones (excluding diaryl/α,β-unsaturated/α-hetero) is 1. The molecule has 2 rings (SSSR count). The van der Waals surface area contributed by atoms with Crippen LogP contribution >= 0.6 is 0 Å². The van der Waals surface area contributed by atoms with Crippen LogP contribution in [0.15, 0.2) is 42.6 Å². The van der Waals surface area contributed by atoms with Crippen LogP contribution in [0.4, 0.5) is 13.2 Å². The number of ether oxygens (including phenoxy) is 1. The lowest BCUT2D eigenvalue weighted by molar-refractivity contribution is -0.153. The number of hydrogen-bond donors (Lipinski definition) is 1. The van der Waals surface area contributed by atoms with Crippen molar-refractivity contribution in [2.75, 3.05) is 13.2 Å². The summed E-state index contributed by atoms with van der Waals surface area (Å²) >= 11 is 0. The summed E-state index contributed by atoms with van der Waals surface area (Å²) in [5.74, 6) is -0.298. The zero-order valence-corrected chi connectivity index (χ0v) is 17.5. The van der Waals surface area contributed by atoms with Crippen molar-refractivity contribution in [1.82, 2.24) is 4.98 Å². The highest BCUT2D eigenvalue weighted by Gasteiger charge is 2.28. The van der Waals surface area contributed by atoms with Gasteiger partial charge in [-0.1, -0.05) is 45.0 Å². The predicted molar refractivity (Wildman–Crippen MR) is 109 cm³/mol. The first kappa shape index (κ1) is 23.9. The Bertz CT molecular complexity index is 810. The Balaban J connectivity index is 1.99. The Labute approximate surface area is 175 Å². The molecule has 0 aliphatic heterocycles. The molecular weight excluding hydrogens is 395 g/mol. The number of pyridine rings is 1. The molecule has 0 unspecified atom stereocenters. The standard InChI is InChI=1S/C23H28F3NO3/c1-22(2,3)18-6-4-16(5-7-18)12-19(29)13-17(10-11-28)21-9-8-20(14-27-21)30-15-23(24,25)26/h4-9,14,17,28H,10-13,15H2,1-3H3/t17-/m0/s1. The van der Waals surface area contributed by atoms with Crippen LogP contribution in [-0.2, 0) is 16.6 Å². The normalized spacial score (nSPS) is 13.2. The van der Waals surface area contributed by atoms with Gasteiger partial charge in [0, 0.05) is 31.1 Å². The van der Waals surface area contributed by atoms with E-state index >= 15 is 0 Å². The third-order valence-electron chi connectivity index (χ3n) is 4.75. The van der Waals surface area contributed by atoms with Gasteiger partial charge in [0.15, 0.2) is 6.61 Å². The maximum atomic E-state index is 12.6. The van der Waals surface area contributed by atoms with Crippen LogP contribution in [0.1, 0.15) is 56.4 Å². The maximum Gasteiger partial charge on any atom is 0.422 e. The molecule has 1 atom stereocenters. The van der Waals surface area contributed by atoms with Gasteiger partial charge in [-0.3, -0.25) is 9.78 Å². The topological polar surface area (TPSA) is 59.4 Å². The molecule has 2 aromatic rings. The summed E-state index contributed by atoms with van der Waals surface area (Å²) in [5, 5.41) is 9.35. The van der Waals surface area contributed by atoms with E-state index in [2.05, 4.69) is 30.5 Å². The molecule has 0 aliphatic carbocycles. The summed E-state index contributed by atoms with van der Waals surface area (Å²) < 4.78 is 41.4. The first-order chi connectivity index (χ1) is 14.0. The fourth-order valence-corrected chi connectivity index (χ4v) is 3.09. The molecule has 1 N–H and O–H groups in total. The molecule has 7 heteroatoms. The minimum absolute atomic E-state index is 0.00379. The minimum atomic E-state index is -4.42. The second-order valence-corrected chi connectivity index (χ2v) is 8.40. The predicted octanol–water partition coefficient (Wildman–Crippen LogP) is 4.99. The van der Waals surface area contributed by atoms with E-state index in [1.807, 2.05) is 24.3 Å². The van der Waals surface area contributed by atoms with E-state index in [0.717, 1.165) is 5.56 Å². The number of rotatable bonds is 9. The number of aliphatic hydroxyl groups excluding tert-OH is 1. The molecule has 0 fully saturated rings. The van der Waals surface area contributed by atoms with Crippen LogP contribution < -0.4 is 4.74 Å². The van der Waals surface area contributed by atoms with Crippen LogP contribution in [0.5, 0.6) is 5.75 Å². The fraction of sp³-hybridized carbons (Fsp3) is 0.478. The zero-order valence-electron chi connectivity index (χ0n) is 17.5. The first-order valence-electron chi connectivity index (χ1n) is 9.85. The molecule has 4 nitrogen and oxygen atoms in total. The number of benzene rings is 1. The van der Waals surface area contributed by atoms with E-state index in [9.17, 15) is 23.1 Å².